The maximum atomic E-state index is 13.2. The number of methoxy groups -OCH3 is 1. The van der Waals surface area contributed by atoms with Gasteiger partial charge in [0, 0.05) is 49.8 Å². The Morgan fingerprint density at radius 3 is 3.11 bits per heavy atom. The molecule has 1 saturated heterocycles. The van der Waals surface area contributed by atoms with Gasteiger partial charge in [0.05, 0.1) is 0 Å². The molecule has 1 fully saturated rings. The third kappa shape index (κ3) is 3.68. The number of carbonyl (C=O) groups excluding carboxylic acids is 1. The minimum atomic E-state index is 0.0935. The number of hydrogen-bond donors (Lipinski definition) is 0. The molecule has 0 spiro atoms. The van der Waals surface area contributed by atoms with Crippen LogP contribution in [0, 0.1) is 0 Å². The topological polar surface area (TPSA) is 72.6 Å². The highest BCUT2D eigenvalue weighted by Gasteiger charge is 2.27. The van der Waals surface area contributed by atoms with Crippen LogP contribution < -0.4 is 0 Å². The summed E-state index contributed by atoms with van der Waals surface area (Å²) in [6, 6.07) is 8.00. The van der Waals surface area contributed by atoms with Gasteiger partial charge < -0.3 is 9.64 Å². The van der Waals surface area contributed by atoms with Crippen molar-refractivity contribution in [1.82, 2.24) is 24.5 Å². The Morgan fingerprint density at radius 2 is 2.22 bits per heavy atom. The maximum Gasteiger partial charge on any atom is 0.254 e. The Labute approximate surface area is 158 Å². The van der Waals surface area contributed by atoms with Crippen molar-refractivity contribution in [2.24, 2.45) is 0 Å². The van der Waals surface area contributed by atoms with Crippen molar-refractivity contribution in [3.8, 4) is 11.1 Å². The van der Waals surface area contributed by atoms with Crippen LogP contribution >= 0.6 is 0 Å². The van der Waals surface area contributed by atoms with Crippen LogP contribution in [0.25, 0.3) is 16.9 Å². The summed E-state index contributed by atoms with van der Waals surface area (Å²) in [5, 5.41) is 7.78. The van der Waals surface area contributed by atoms with Gasteiger partial charge in [-0.25, -0.2) is 4.98 Å². The molecule has 2 aromatic heterocycles. The fraction of sp³-hybridized carbons (Fsp3) is 0.400. The second-order valence-corrected chi connectivity index (χ2v) is 6.89. The van der Waals surface area contributed by atoms with E-state index in [9.17, 15) is 4.79 Å². The predicted octanol–water partition coefficient (Wildman–Crippen LogP) is 2.82. The summed E-state index contributed by atoms with van der Waals surface area (Å²) in [5.41, 5.74) is 2.58. The monoisotopic (exact) mass is 365 g/mol. The zero-order chi connectivity index (χ0) is 18.6. The summed E-state index contributed by atoms with van der Waals surface area (Å²) in [6.07, 6.45) is 9.46. The molecule has 0 N–H and O–H groups in total. The van der Waals surface area contributed by atoms with Crippen LogP contribution in [0.3, 0.4) is 0 Å². The molecule has 1 amide bonds. The molecule has 1 aromatic carbocycles. The molecule has 3 heterocycles. The number of hydrogen-bond acceptors (Lipinski definition) is 5. The normalized spacial score (nSPS) is 17.4. The third-order valence-electron chi connectivity index (χ3n) is 5.14. The first-order valence-electron chi connectivity index (χ1n) is 9.32. The number of nitrogens with zero attached hydrogens (tertiary/aromatic N) is 5. The van der Waals surface area contributed by atoms with Gasteiger partial charge in [-0.2, -0.15) is 0 Å². The van der Waals surface area contributed by atoms with Gasteiger partial charge in [0.15, 0.2) is 0 Å². The minimum Gasteiger partial charge on any atom is -0.385 e. The number of aromatic nitrogens is 4. The van der Waals surface area contributed by atoms with Gasteiger partial charge in [-0.05, 0) is 43.4 Å². The lowest BCUT2D eigenvalue weighted by atomic mass is 9.97. The number of amides is 1. The molecule has 7 heteroatoms. The lowest BCUT2D eigenvalue weighted by Crippen LogP contribution is -2.44. The number of carbonyl (C=O) groups is 1. The Bertz CT molecular complexity index is 939. The molecule has 1 aliphatic rings. The molecule has 7 nitrogen and oxygen atoms in total. The predicted molar refractivity (Wildman–Crippen MR) is 101 cm³/mol. The lowest BCUT2D eigenvalue weighted by Gasteiger charge is -2.36. The maximum absolute atomic E-state index is 13.2. The van der Waals surface area contributed by atoms with Crippen molar-refractivity contribution in [3.05, 3.63) is 48.5 Å². The van der Waals surface area contributed by atoms with Crippen molar-refractivity contribution >= 4 is 11.7 Å². The fourth-order valence-corrected chi connectivity index (χ4v) is 3.70. The van der Waals surface area contributed by atoms with Crippen molar-refractivity contribution in [3.63, 3.8) is 0 Å². The molecule has 0 unspecified atom stereocenters. The molecule has 1 atom stereocenters. The van der Waals surface area contributed by atoms with Crippen LogP contribution in [0.5, 0.6) is 0 Å². The van der Waals surface area contributed by atoms with Gasteiger partial charge in [0.2, 0.25) is 0 Å². The Hall–Kier alpha value is -2.80. The van der Waals surface area contributed by atoms with Crippen LogP contribution in [0.1, 0.15) is 36.0 Å². The standard InChI is InChI=1S/C20H23N5O2/c1-27-10-8-18-7-2-3-9-25(18)19(26)16-6-4-5-15(11-16)17-12-21-20-23-22-14-24(20)13-17/h4-6,11-14,18H,2-3,7-10H2,1H3/t18-/m1/s1. The Morgan fingerprint density at radius 1 is 1.30 bits per heavy atom. The largest absolute Gasteiger partial charge is 0.385 e. The summed E-state index contributed by atoms with van der Waals surface area (Å²) in [5.74, 6) is 0.649. The molecule has 0 radical (unpaired) electrons. The van der Waals surface area contributed by atoms with Crippen molar-refractivity contribution in [1.29, 1.82) is 0 Å². The summed E-state index contributed by atoms with van der Waals surface area (Å²) in [7, 11) is 1.71. The van der Waals surface area contributed by atoms with Crippen molar-refractivity contribution < 1.29 is 9.53 Å². The summed E-state index contributed by atoms with van der Waals surface area (Å²) in [6.45, 7) is 1.49. The number of likely N-dealkylation sites (tertiary alicyclic amines) is 1. The van der Waals surface area contributed by atoms with Crippen molar-refractivity contribution in [2.45, 2.75) is 31.7 Å². The van der Waals surface area contributed by atoms with Gasteiger partial charge in [-0.15, -0.1) is 10.2 Å². The highest BCUT2D eigenvalue weighted by atomic mass is 16.5. The SMILES string of the molecule is COCC[C@H]1CCCCN1C(=O)c1cccc(-c2cnc3nncn3c2)c1. The molecule has 0 aliphatic carbocycles. The van der Waals surface area contributed by atoms with E-state index in [0.29, 0.717) is 17.9 Å². The zero-order valence-electron chi connectivity index (χ0n) is 15.4. The number of fused-ring (bicyclic) bond motifs is 1. The van der Waals surface area contributed by atoms with Gasteiger partial charge in [-0.1, -0.05) is 12.1 Å². The van der Waals surface area contributed by atoms with Crippen molar-refractivity contribution in [2.75, 3.05) is 20.3 Å². The molecule has 3 aromatic rings. The van der Waals surface area contributed by atoms with E-state index >= 15 is 0 Å². The molecule has 0 saturated carbocycles. The summed E-state index contributed by atoms with van der Waals surface area (Å²) in [4.78, 5) is 19.5. The van der Waals surface area contributed by atoms with Crippen LogP contribution in [0.2, 0.25) is 0 Å². The number of benzene rings is 1. The van der Waals surface area contributed by atoms with E-state index in [1.807, 2.05) is 35.4 Å². The first-order chi connectivity index (χ1) is 13.3. The quantitative estimate of drug-likeness (QED) is 0.695. The Balaban J connectivity index is 1.59. The number of rotatable bonds is 5. The number of piperidine rings is 1. The summed E-state index contributed by atoms with van der Waals surface area (Å²) < 4.78 is 7.00. The second kappa shape index (κ2) is 7.84. The molecule has 1 aliphatic heterocycles. The first-order valence-corrected chi connectivity index (χ1v) is 9.32. The van der Waals surface area contributed by atoms with Crippen LogP contribution in [-0.2, 0) is 4.74 Å². The molecular weight excluding hydrogens is 342 g/mol. The molecule has 27 heavy (non-hydrogen) atoms. The van der Waals surface area contributed by atoms with Gasteiger partial charge in [-0.3, -0.25) is 9.20 Å². The van der Waals surface area contributed by atoms with E-state index in [0.717, 1.165) is 36.9 Å². The molecule has 0 bridgehead atoms. The number of ether oxygens (including phenoxy) is 1. The van der Waals surface area contributed by atoms with E-state index in [4.69, 9.17) is 4.74 Å². The second-order valence-electron chi connectivity index (χ2n) is 6.89. The van der Waals surface area contributed by atoms with Gasteiger partial charge >= 0.3 is 0 Å². The van der Waals surface area contributed by atoms with Gasteiger partial charge in [0.1, 0.15) is 6.33 Å². The smallest absolute Gasteiger partial charge is 0.254 e. The van der Waals surface area contributed by atoms with E-state index < -0.39 is 0 Å². The lowest BCUT2D eigenvalue weighted by molar-refractivity contribution is 0.0553. The highest BCUT2D eigenvalue weighted by molar-refractivity contribution is 5.95. The van der Waals surface area contributed by atoms with Crippen LogP contribution in [0.4, 0.5) is 0 Å². The van der Waals surface area contributed by atoms with E-state index in [1.54, 1.807) is 24.0 Å². The zero-order valence-corrected chi connectivity index (χ0v) is 15.4. The van der Waals surface area contributed by atoms with E-state index in [1.165, 1.54) is 6.42 Å². The third-order valence-corrected chi connectivity index (χ3v) is 5.14. The molecule has 140 valence electrons. The van der Waals surface area contributed by atoms with Gasteiger partial charge in [0.25, 0.3) is 11.7 Å². The average molecular weight is 365 g/mol. The van der Waals surface area contributed by atoms with Crippen LogP contribution in [0.15, 0.2) is 43.0 Å². The first kappa shape index (κ1) is 17.6. The fourth-order valence-electron chi connectivity index (χ4n) is 3.70. The van der Waals surface area contributed by atoms with Crippen LogP contribution in [-0.4, -0.2) is 56.7 Å². The summed E-state index contributed by atoms with van der Waals surface area (Å²) >= 11 is 0. The minimum absolute atomic E-state index is 0.0935. The van der Waals surface area contributed by atoms with E-state index in [2.05, 4.69) is 15.2 Å². The molecule has 4 rings (SSSR count). The average Bonchev–Trinajstić information content (AvgIpc) is 3.20. The Kier molecular flexibility index (Phi) is 5.11. The highest BCUT2D eigenvalue weighted by Crippen LogP contribution is 2.25. The molecular formula is C20H23N5O2. The van der Waals surface area contributed by atoms with E-state index in [-0.39, 0.29) is 11.9 Å².